The van der Waals surface area contributed by atoms with Crippen molar-refractivity contribution in [3.8, 4) is 0 Å². The van der Waals surface area contributed by atoms with Crippen LogP contribution in [0.5, 0.6) is 0 Å². The number of hydrogen-bond donors (Lipinski definition) is 1. The van der Waals surface area contributed by atoms with Gasteiger partial charge < -0.3 is 9.42 Å². The van der Waals surface area contributed by atoms with Gasteiger partial charge in [0.25, 0.3) is 10.0 Å². The molecule has 0 atom stereocenters. The number of aromatic nitrogens is 2. The Morgan fingerprint density at radius 1 is 1.23 bits per heavy atom. The van der Waals surface area contributed by atoms with Crippen molar-refractivity contribution in [1.82, 2.24) is 10.1 Å². The van der Waals surface area contributed by atoms with E-state index in [1.54, 1.807) is 19.9 Å². The van der Waals surface area contributed by atoms with Crippen molar-refractivity contribution in [1.29, 1.82) is 0 Å². The van der Waals surface area contributed by atoms with E-state index in [1.807, 2.05) is 6.07 Å². The lowest BCUT2D eigenvalue weighted by Crippen LogP contribution is -2.19. The number of aryl methyl sites for hydroxylation is 2. The van der Waals surface area contributed by atoms with Crippen molar-refractivity contribution in [2.24, 2.45) is 0 Å². The van der Waals surface area contributed by atoms with Crippen molar-refractivity contribution >= 4 is 21.5 Å². The average Bonchev–Trinajstić information content (AvgIpc) is 3.09. The molecule has 0 saturated carbocycles. The van der Waals surface area contributed by atoms with Crippen LogP contribution in [0.15, 0.2) is 27.7 Å². The largest absolute Gasteiger partial charge is 0.360 e. The van der Waals surface area contributed by atoms with Gasteiger partial charge in [-0.1, -0.05) is 5.16 Å². The molecule has 0 spiro atoms. The molecule has 2 aromatic rings. The van der Waals surface area contributed by atoms with Gasteiger partial charge in [0.15, 0.2) is 10.7 Å². The van der Waals surface area contributed by atoms with E-state index in [0.29, 0.717) is 11.4 Å². The molecule has 1 aliphatic rings. The van der Waals surface area contributed by atoms with Crippen LogP contribution >= 0.6 is 0 Å². The SMILES string of the molecule is Cc1noc(C)c1S(=O)(=O)Nc1ccc(N2CCCC2)nc1. The molecule has 1 saturated heterocycles. The molecule has 7 nitrogen and oxygen atoms in total. The highest BCUT2D eigenvalue weighted by atomic mass is 32.2. The van der Waals surface area contributed by atoms with Gasteiger partial charge in [-0.25, -0.2) is 13.4 Å². The molecule has 0 aromatic carbocycles. The number of anilines is 2. The summed E-state index contributed by atoms with van der Waals surface area (Å²) in [5, 5.41) is 3.67. The van der Waals surface area contributed by atoms with Gasteiger partial charge in [0.2, 0.25) is 0 Å². The van der Waals surface area contributed by atoms with Crippen molar-refractivity contribution in [3.63, 3.8) is 0 Å². The summed E-state index contributed by atoms with van der Waals surface area (Å²) >= 11 is 0. The summed E-state index contributed by atoms with van der Waals surface area (Å²) in [5.74, 6) is 1.14. The van der Waals surface area contributed by atoms with Crippen molar-refractivity contribution in [2.45, 2.75) is 31.6 Å². The zero-order chi connectivity index (χ0) is 15.7. The van der Waals surface area contributed by atoms with Gasteiger partial charge >= 0.3 is 0 Å². The second-order valence-corrected chi connectivity index (χ2v) is 6.98. The molecule has 3 rings (SSSR count). The summed E-state index contributed by atoms with van der Waals surface area (Å²) in [4.78, 5) is 6.60. The molecule has 2 aromatic heterocycles. The highest BCUT2D eigenvalue weighted by molar-refractivity contribution is 7.92. The number of nitrogens with zero attached hydrogens (tertiary/aromatic N) is 3. The molecular formula is C14H18N4O3S. The molecule has 1 fully saturated rings. The summed E-state index contributed by atoms with van der Waals surface area (Å²) in [6.07, 6.45) is 3.87. The third-order valence-corrected chi connectivity index (χ3v) is 5.29. The maximum Gasteiger partial charge on any atom is 0.267 e. The zero-order valence-corrected chi connectivity index (χ0v) is 13.4. The molecule has 1 N–H and O–H groups in total. The maximum absolute atomic E-state index is 12.4. The van der Waals surface area contributed by atoms with Crippen molar-refractivity contribution in [3.05, 3.63) is 29.8 Å². The van der Waals surface area contributed by atoms with Crippen molar-refractivity contribution in [2.75, 3.05) is 22.7 Å². The predicted molar refractivity (Wildman–Crippen MR) is 82.5 cm³/mol. The van der Waals surface area contributed by atoms with Crippen molar-refractivity contribution < 1.29 is 12.9 Å². The lowest BCUT2D eigenvalue weighted by atomic mass is 10.4. The monoisotopic (exact) mass is 322 g/mol. The lowest BCUT2D eigenvalue weighted by Gasteiger charge is -2.16. The summed E-state index contributed by atoms with van der Waals surface area (Å²) in [5.41, 5.74) is 0.759. The van der Waals surface area contributed by atoms with Crippen LogP contribution in [0.4, 0.5) is 11.5 Å². The Labute approximate surface area is 129 Å². The van der Waals surface area contributed by atoms with E-state index < -0.39 is 10.0 Å². The first-order valence-electron chi connectivity index (χ1n) is 7.14. The molecule has 0 aliphatic carbocycles. The molecule has 1 aliphatic heterocycles. The van der Waals surface area contributed by atoms with E-state index in [2.05, 4.69) is 19.8 Å². The van der Waals surface area contributed by atoms with E-state index in [-0.39, 0.29) is 10.7 Å². The van der Waals surface area contributed by atoms with Crippen LogP contribution in [0.25, 0.3) is 0 Å². The fourth-order valence-electron chi connectivity index (χ4n) is 2.64. The number of nitrogens with one attached hydrogen (secondary N) is 1. The van der Waals surface area contributed by atoms with Crippen LogP contribution < -0.4 is 9.62 Å². The topological polar surface area (TPSA) is 88.3 Å². The normalized spacial score (nSPS) is 15.3. The third kappa shape index (κ3) is 2.78. The highest BCUT2D eigenvalue weighted by Gasteiger charge is 2.24. The molecule has 3 heterocycles. The first-order chi connectivity index (χ1) is 10.5. The number of rotatable bonds is 4. The van der Waals surface area contributed by atoms with E-state index in [4.69, 9.17) is 4.52 Å². The molecule has 8 heteroatoms. The molecular weight excluding hydrogens is 304 g/mol. The van der Waals surface area contributed by atoms with Crippen LogP contribution in [0.1, 0.15) is 24.3 Å². The minimum atomic E-state index is -3.72. The fraction of sp³-hybridized carbons (Fsp3) is 0.429. The molecule has 0 unspecified atom stereocenters. The molecule has 0 bridgehead atoms. The highest BCUT2D eigenvalue weighted by Crippen LogP contribution is 2.23. The minimum Gasteiger partial charge on any atom is -0.360 e. The Kier molecular flexibility index (Phi) is 3.78. The maximum atomic E-state index is 12.4. The molecule has 118 valence electrons. The quantitative estimate of drug-likeness (QED) is 0.927. The Morgan fingerprint density at radius 2 is 1.95 bits per heavy atom. The second-order valence-electron chi connectivity index (χ2n) is 5.36. The van der Waals surface area contributed by atoms with E-state index >= 15 is 0 Å². The Morgan fingerprint density at radius 3 is 2.50 bits per heavy atom. The van der Waals surface area contributed by atoms with Crippen LogP contribution in [-0.4, -0.2) is 31.6 Å². The average molecular weight is 322 g/mol. The van der Waals surface area contributed by atoms with Crippen LogP contribution in [0.3, 0.4) is 0 Å². The van der Waals surface area contributed by atoms with E-state index in [9.17, 15) is 8.42 Å². The smallest absolute Gasteiger partial charge is 0.267 e. The molecule has 0 amide bonds. The summed E-state index contributed by atoms with van der Waals surface area (Å²) in [6.45, 7) is 5.16. The summed E-state index contributed by atoms with van der Waals surface area (Å²) in [6, 6.07) is 3.55. The summed E-state index contributed by atoms with van der Waals surface area (Å²) in [7, 11) is -3.72. The zero-order valence-electron chi connectivity index (χ0n) is 12.5. The van der Waals surface area contributed by atoms with Gasteiger partial charge in [-0.05, 0) is 38.8 Å². The number of sulfonamides is 1. The van der Waals surface area contributed by atoms with Gasteiger partial charge in [0.1, 0.15) is 11.5 Å². The standard InChI is InChI=1S/C14H18N4O3S/c1-10-14(11(2)21-16-10)22(19,20)17-12-5-6-13(15-9-12)18-7-3-4-8-18/h5-6,9,17H,3-4,7-8H2,1-2H3. The second kappa shape index (κ2) is 5.60. The van der Waals surface area contributed by atoms with Gasteiger partial charge in [0, 0.05) is 13.1 Å². The van der Waals surface area contributed by atoms with Gasteiger partial charge in [-0.2, -0.15) is 0 Å². The Balaban J connectivity index is 1.80. The molecule has 22 heavy (non-hydrogen) atoms. The molecule has 0 radical (unpaired) electrons. The van der Waals surface area contributed by atoms with E-state index in [0.717, 1.165) is 18.9 Å². The van der Waals surface area contributed by atoms with Crippen LogP contribution in [0, 0.1) is 13.8 Å². The lowest BCUT2D eigenvalue weighted by molar-refractivity contribution is 0.390. The van der Waals surface area contributed by atoms with Crippen LogP contribution in [0.2, 0.25) is 0 Å². The van der Waals surface area contributed by atoms with E-state index in [1.165, 1.54) is 19.0 Å². The number of hydrogen-bond acceptors (Lipinski definition) is 6. The minimum absolute atomic E-state index is 0.0797. The first-order valence-corrected chi connectivity index (χ1v) is 8.62. The predicted octanol–water partition coefficient (Wildman–Crippen LogP) is 2.09. The van der Waals surface area contributed by atoms with Gasteiger partial charge in [-0.15, -0.1) is 0 Å². The van der Waals surface area contributed by atoms with Crippen LogP contribution in [-0.2, 0) is 10.0 Å². The Hall–Kier alpha value is -2.09. The number of pyridine rings is 1. The fourth-order valence-corrected chi connectivity index (χ4v) is 4.02. The third-order valence-electron chi connectivity index (χ3n) is 3.67. The van der Waals surface area contributed by atoms with Gasteiger partial charge in [0.05, 0.1) is 11.9 Å². The summed E-state index contributed by atoms with van der Waals surface area (Å²) < 4.78 is 32.2. The first kappa shape index (κ1) is 14.8. The van der Waals surface area contributed by atoms with Gasteiger partial charge in [-0.3, -0.25) is 4.72 Å². The Bertz CT molecular complexity index is 742.